The number of hydrogen-bond acceptors (Lipinski definition) is 5. The summed E-state index contributed by atoms with van der Waals surface area (Å²) in [5, 5.41) is 17.2. The maximum Gasteiger partial charge on any atom is 0.407 e. The summed E-state index contributed by atoms with van der Waals surface area (Å²) in [6.07, 6.45) is 5.13. The maximum atomic E-state index is 13.7. The summed E-state index contributed by atoms with van der Waals surface area (Å²) in [6, 6.07) is 17.6. The molecule has 5 N–H and O–H groups in total. The van der Waals surface area contributed by atoms with Crippen molar-refractivity contribution in [2.24, 2.45) is 17.6 Å². The van der Waals surface area contributed by atoms with Crippen LogP contribution in [0.5, 0.6) is 0 Å². The van der Waals surface area contributed by atoms with E-state index in [0.717, 1.165) is 36.8 Å². The van der Waals surface area contributed by atoms with Gasteiger partial charge in [-0.3, -0.25) is 9.59 Å². The first-order valence-electron chi connectivity index (χ1n) is 14.8. The first kappa shape index (κ1) is 32.1. The van der Waals surface area contributed by atoms with Crippen molar-refractivity contribution < 1.29 is 24.2 Å². The van der Waals surface area contributed by atoms with Crippen molar-refractivity contribution in [2.45, 2.75) is 102 Å². The minimum atomic E-state index is -1.06. The topological polar surface area (TPSA) is 131 Å². The zero-order valence-electron chi connectivity index (χ0n) is 24.7. The first-order valence-corrected chi connectivity index (χ1v) is 14.8. The average Bonchev–Trinajstić information content (AvgIpc) is 2.92. The Hall–Kier alpha value is -3.39. The van der Waals surface area contributed by atoms with Gasteiger partial charge in [-0.2, -0.15) is 0 Å². The Morgan fingerprint density at radius 1 is 0.902 bits per heavy atom. The smallest absolute Gasteiger partial charge is 0.407 e. The molecule has 1 fully saturated rings. The molecular weight excluding hydrogens is 518 g/mol. The number of amides is 3. The van der Waals surface area contributed by atoms with Gasteiger partial charge < -0.3 is 26.2 Å². The maximum absolute atomic E-state index is 13.7. The molecule has 1 aliphatic carbocycles. The highest BCUT2D eigenvalue weighted by atomic mass is 16.6. The monoisotopic (exact) mass is 565 g/mol. The largest absolute Gasteiger partial charge is 0.444 e. The first-order chi connectivity index (χ1) is 19.5. The molecule has 1 aliphatic rings. The van der Waals surface area contributed by atoms with Crippen molar-refractivity contribution in [2.75, 3.05) is 0 Å². The molecular formula is C33H47N3O5. The average molecular weight is 566 g/mol. The molecule has 4 atom stereocenters. The fourth-order valence-electron chi connectivity index (χ4n) is 5.54. The van der Waals surface area contributed by atoms with Crippen LogP contribution in [0, 0.1) is 11.8 Å². The van der Waals surface area contributed by atoms with Crippen LogP contribution < -0.4 is 16.4 Å². The lowest BCUT2D eigenvalue weighted by Crippen LogP contribution is -2.50. The predicted molar refractivity (Wildman–Crippen MR) is 160 cm³/mol. The molecule has 0 heterocycles. The number of aliphatic hydroxyl groups excluding tert-OH is 1. The number of aliphatic hydroxyl groups is 1. The highest BCUT2D eigenvalue weighted by Gasteiger charge is 2.32. The van der Waals surface area contributed by atoms with E-state index < -0.39 is 41.7 Å². The van der Waals surface area contributed by atoms with E-state index in [-0.39, 0.29) is 12.3 Å². The van der Waals surface area contributed by atoms with Crippen molar-refractivity contribution >= 4 is 17.9 Å². The van der Waals surface area contributed by atoms with Gasteiger partial charge in [-0.1, -0.05) is 92.8 Å². The van der Waals surface area contributed by atoms with Gasteiger partial charge in [0.25, 0.3) is 0 Å². The minimum absolute atomic E-state index is 0.0724. The van der Waals surface area contributed by atoms with E-state index >= 15 is 0 Å². The quantitative estimate of drug-likeness (QED) is 0.280. The van der Waals surface area contributed by atoms with Gasteiger partial charge >= 0.3 is 6.09 Å². The zero-order chi connectivity index (χ0) is 29.8. The van der Waals surface area contributed by atoms with Crippen LogP contribution in [0.1, 0.15) is 76.8 Å². The summed E-state index contributed by atoms with van der Waals surface area (Å²) in [4.78, 5) is 38.8. The molecule has 8 nitrogen and oxygen atoms in total. The molecule has 0 spiro atoms. The number of ether oxygens (including phenoxy) is 1. The van der Waals surface area contributed by atoms with E-state index in [1.807, 2.05) is 60.7 Å². The number of carbonyl (C=O) groups excluding carboxylic acids is 3. The highest BCUT2D eigenvalue weighted by Crippen LogP contribution is 2.28. The molecule has 1 saturated carbocycles. The molecule has 3 rings (SSSR count). The van der Waals surface area contributed by atoms with Crippen LogP contribution >= 0.6 is 0 Å². The summed E-state index contributed by atoms with van der Waals surface area (Å²) in [6.45, 7) is 5.33. The third-order valence-electron chi connectivity index (χ3n) is 7.64. The van der Waals surface area contributed by atoms with Crippen molar-refractivity contribution in [3.8, 4) is 0 Å². The third kappa shape index (κ3) is 11.6. The number of rotatable bonds is 13. The van der Waals surface area contributed by atoms with Crippen LogP contribution in [0.3, 0.4) is 0 Å². The SMILES string of the molecule is CC(C)(C)OC(=O)N[C@@H](Cc1ccccc1)[C@@H](O)C[C@@H](Cc1ccccc1)C(=O)N[C@@H](CC1CCCCC1)C(N)=O. The van der Waals surface area contributed by atoms with Gasteiger partial charge in [-0.15, -0.1) is 0 Å². The molecule has 2 aromatic carbocycles. The zero-order valence-corrected chi connectivity index (χ0v) is 24.7. The number of primary amides is 1. The lowest BCUT2D eigenvalue weighted by Gasteiger charge is -2.30. The molecule has 3 amide bonds. The van der Waals surface area contributed by atoms with E-state index in [0.29, 0.717) is 25.2 Å². The molecule has 0 aliphatic heterocycles. The minimum Gasteiger partial charge on any atom is -0.444 e. The van der Waals surface area contributed by atoms with E-state index in [1.54, 1.807) is 20.8 Å². The standard InChI is InChI=1S/C33H47N3O5/c1-33(2,3)41-32(40)36-27(20-24-15-9-5-10-16-24)29(37)22-26(19-23-13-7-4-8-14-23)31(39)35-28(30(34)38)21-25-17-11-6-12-18-25/h4-5,7-10,13-16,25-29,37H,6,11-12,17-22H2,1-3H3,(H2,34,38)(H,35,39)(H,36,40)/t26-,27+,28+,29+/m1/s1. The summed E-state index contributed by atoms with van der Waals surface area (Å²) in [5.74, 6) is -1.17. The fraction of sp³-hybridized carbons (Fsp3) is 0.545. The van der Waals surface area contributed by atoms with Crippen LogP contribution in [0.15, 0.2) is 60.7 Å². The number of nitrogens with one attached hydrogen (secondary N) is 2. The van der Waals surface area contributed by atoms with Gasteiger partial charge in [0.05, 0.1) is 12.1 Å². The molecule has 0 radical (unpaired) electrons. The number of nitrogens with two attached hydrogens (primary N) is 1. The second-order valence-electron chi connectivity index (χ2n) is 12.3. The van der Waals surface area contributed by atoms with Crippen LogP contribution in [0.4, 0.5) is 4.79 Å². The van der Waals surface area contributed by atoms with Gasteiger partial charge in [0.15, 0.2) is 0 Å². The Morgan fingerprint density at radius 2 is 1.46 bits per heavy atom. The van der Waals surface area contributed by atoms with Crippen LogP contribution in [0.25, 0.3) is 0 Å². The predicted octanol–water partition coefficient (Wildman–Crippen LogP) is 4.67. The third-order valence-corrected chi connectivity index (χ3v) is 7.64. The fourth-order valence-corrected chi connectivity index (χ4v) is 5.54. The second kappa shape index (κ2) is 15.6. The Bertz CT molecular complexity index is 1100. The van der Waals surface area contributed by atoms with Crippen molar-refractivity contribution in [3.05, 3.63) is 71.8 Å². The van der Waals surface area contributed by atoms with E-state index in [1.165, 1.54) is 6.42 Å². The van der Waals surface area contributed by atoms with Crippen LogP contribution in [-0.4, -0.2) is 46.8 Å². The van der Waals surface area contributed by atoms with Gasteiger partial charge in [0.2, 0.25) is 11.8 Å². The molecule has 41 heavy (non-hydrogen) atoms. The molecule has 8 heteroatoms. The van der Waals surface area contributed by atoms with E-state index in [2.05, 4.69) is 10.6 Å². The Labute approximate surface area is 244 Å². The summed E-state index contributed by atoms with van der Waals surface area (Å²) in [7, 11) is 0. The molecule has 0 aromatic heterocycles. The number of hydrogen-bond donors (Lipinski definition) is 4. The van der Waals surface area contributed by atoms with Crippen LogP contribution in [-0.2, 0) is 27.2 Å². The Morgan fingerprint density at radius 3 is 2.00 bits per heavy atom. The normalized spacial score (nSPS) is 17.1. The van der Waals surface area contributed by atoms with Gasteiger partial charge in [0, 0.05) is 5.92 Å². The lowest BCUT2D eigenvalue weighted by atomic mass is 9.84. The summed E-state index contributed by atoms with van der Waals surface area (Å²) in [5.41, 5.74) is 6.89. The second-order valence-corrected chi connectivity index (χ2v) is 12.3. The van der Waals surface area contributed by atoms with Gasteiger partial charge in [-0.25, -0.2) is 4.79 Å². The van der Waals surface area contributed by atoms with Crippen LogP contribution in [0.2, 0.25) is 0 Å². The highest BCUT2D eigenvalue weighted by molar-refractivity contribution is 5.87. The molecule has 2 aromatic rings. The molecule has 0 bridgehead atoms. The lowest BCUT2D eigenvalue weighted by molar-refractivity contribution is -0.131. The summed E-state index contributed by atoms with van der Waals surface area (Å²) >= 11 is 0. The van der Waals surface area contributed by atoms with E-state index in [9.17, 15) is 19.5 Å². The molecule has 0 saturated heterocycles. The Kier molecular flexibility index (Phi) is 12.2. The van der Waals surface area contributed by atoms with E-state index in [4.69, 9.17) is 10.5 Å². The van der Waals surface area contributed by atoms with Gasteiger partial charge in [0.1, 0.15) is 11.6 Å². The molecule has 0 unspecified atom stereocenters. The van der Waals surface area contributed by atoms with Gasteiger partial charge in [-0.05, 0) is 63.5 Å². The van der Waals surface area contributed by atoms with Crippen molar-refractivity contribution in [1.82, 2.24) is 10.6 Å². The number of benzene rings is 2. The van der Waals surface area contributed by atoms with Crippen molar-refractivity contribution in [3.63, 3.8) is 0 Å². The Balaban J connectivity index is 1.79. The number of alkyl carbamates (subject to hydrolysis) is 1. The summed E-state index contributed by atoms with van der Waals surface area (Å²) < 4.78 is 5.46. The number of carbonyl (C=O) groups is 3. The van der Waals surface area contributed by atoms with Crippen molar-refractivity contribution in [1.29, 1.82) is 0 Å². The molecule has 224 valence electrons.